The van der Waals surface area contributed by atoms with E-state index >= 15 is 0 Å². The smallest absolute Gasteiger partial charge is 0.243 e. The standard InChI is InChI=1S/C19H30N2O2S/c1-17-9-11-19(12-10-17)24(22,23)21-15-13-20(14-16-21)18-7-5-3-2-4-6-8-18/h9-12,18H,2-8,13-16H2,1H3. The van der Waals surface area contributed by atoms with E-state index in [4.69, 9.17) is 0 Å². The van der Waals surface area contributed by atoms with Crippen LogP contribution in [0.5, 0.6) is 0 Å². The second-order valence-electron chi connectivity index (χ2n) is 7.25. The van der Waals surface area contributed by atoms with Gasteiger partial charge in [-0.25, -0.2) is 8.42 Å². The molecule has 0 aromatic heterocycles. The third-order valence-corrected chi connectivity index (χ3v) is 7.44. The van der Waals surface area contributed by atoms with Gasteiger partial charge in [0.1, 0.15) is 0 Å². The van der Waals surface area contributed by atoms with Crippen molar-refractivity contribution in [2.75, 3.05) is 26.2 Å². The molecule has 1 aliphatic heterocycles. The maximum Gasteiger partial charge on any atom is 0.243 e. The summed E-state index contributed by atoms with van der Waals surface area (Å²) < 4.78 is 27.2. The molecule has 3 rings (SSSR count). The molecule has 1 heterocycles. The summed E-state index contributed by atoms with van der Waals surface area (Å²) in [6.45, 7) is 4.95. The van der Waals surface area contributed by atoms with Crippen molar-refractivity contribution in [3.8, 4) is 0 Å². The molecule has 0 spiro atoms. The van der Waals surface area contributed by atoms with E-state index in [9.17, 15) is 8.42 Å². The van der Waals surface area contributed by atoms with Crippen LogP contribution in [-0.4, -0.2) is 49.8 Å². The predicted octanol–water partition coefficient (Wildman–Crippen LogP) is 3.41. The van der Waals surface area contributed by atoms with Crippen molar-refractivity contribution in [3.63, 3.8) is 0 Å². The highest BCUT2D eigenvalue weighted by atomic mass is 32.2. The first kappa shape index (κ1) is 17.9. The summed E-state index contributed by atoms with van der Waals surface area (Å²) >= 11 is 0. The first-order valence-electron chi connectivity index (χ1n) is 9.38. The van der Waals surface area contributed by atoms with Gasteiger partial charge >= 0.3 is 0 Å². The zero-order valence-corrected chi connectivity index (χ0v) is 15.6. The van der Waals surface area contributed by atoms with Crippen LogP contribution in [-0.2, 0) is 10.0 Å². The molecule has 0 amide bonds. The van der Waals surface area contributed by atoms with Gasteiger partial charge in [0.25, 0.3) is 0 Å². The Kier molecular flexibility index (Phi) is 5.95. The van der Waals surface area contributed by atoms with E-state index in [1.54, 1.807) is 16.4 Å². The van der Waals surface area contributed by atoms with Gasteiger partial charge in [-0.1, -0.05) is 49.8 Å². The van der Waals surface area contributed by atoms with Crippen LogP contribution in [0.15, 0.2) is 29.2 Å². The normalized spacial score (nSPS) is 22.9. The summed E-state index contributed by atoms with van der Waals surface area (Å²) in [7, 11) is -3.34. The highest BCUT2D eigenvalue weighted by Crippen LogP contribution is 2.24. The van der Waals surface area contributed by atoms with Gasteiger partial charge in [0.2, 0.25) is 10.0 Å². The first-order chi connectivity index (χ1) is 11.6. The Balaban J connectivity index is 1.60. The van der Waals surface area contributed by atoms with Gasteiger partial charge in [0.05, 0.1) is 4.90 Å². The van der Waals surface area contributed by atoms with Crippen molar-refractivity contribution < 1.29 is 8.42 Å². The minimum Gasteiger partial charge on any atom is -0.298 e. The van der Waals surface area contributed by atoms with Crippen LogP contribution in [0, 0.1) is 6.92 Å². The van der Waals surface area contributed by atoms with Crippen molar-refractivity contribution in [3.05, 3.63) is 29.8 Å². The second-order valence-corrected chi connectivity index (χ2v) is 9.19. The van der Waals surface area contributed by atoms with E-state index in [0.29, 0.717) is 24.0 Å². The van der Waals surface area contributed by atoms with Crippen molar-refractivity contribution >= 4 is 10.0 Å². The zero-order valence-electron chi connectivity index (χ0n) is 14.8. The molecule has 1 aliphatic carbocycles. The minimum absolute atomic E-state index is 0.424. The largest absolute Gasteiger partial charge is 0.298 e. The van der Waals surface area contributed by atoms with Crippen LogP contribution in [0.2, 0.25) is 0 Å². The third-order valence-electron chi connectivity index (χ3n) is 5.52. The van der Waals surface area contributed by atoms with Gasteiger partial charge in [-0.2, -0.15) is 4.31 Å². The molecule has 0 bridgehead atoms. The van der Waals surface area contributed by atoms with Gasteiger partial charge in [-0.3, -0.25) is 4.90 Å². The Morgan fingerprint density at radius 1 is 0.833 bits per heavy atom. The zero-order chi connectivity index (χ0) is 17.0. The molecule has 5 heteroatoms. The van der Waals surface area contributed by atoms with E-state index in [0.717, 1.165) is 18.7 Å². The van der Waals surface area contributed by atoms with Crippen LogP contribution < -0.4 is 0 Å². The third kappa shape index (κ3) is 4.19. The van der Waals surface area contributed by atoms with Crippen molar-refractivity contribution in [2.45, 2.75) is 62.8 Å². The molecule has 24 heavy (non-hydrogen) atoms. The average Bonchev–Trinajstić information content (AvgIpc) is 2.55. The van der Waals surface area contributed by atoms with E-state index < -0.39 is 10.0 Å². The Bertz CT molecular complexity index is 611. The molecule has 1 saturated heterocycles. The number of benzene rings is 1. The fraction of sp³-hybridized carbons (Fsp3) is 0.684. The number of hydrogen-bond donors (Lipinski definition) is 0. The molecular formula is C19H30N2O2S. The summed E-state index contributed by atoms with van der Waals surface area (Å²) in [5.41, 5.74) is 1.09. The number of nitrogens with zero attached hydrogens (tertiary/aromatic N) is 2. The number of piperazine rings is 1. The highest BCUT2D eigenvalue weighted by Gasteiger charge is 2.30. The molecule has 134 valence electrons. The monoisotopic (exact) mass is 350 g/mol. The Labute approximate surface area is 146 Å². The number of aryl methyl sites for hydroxylation is 1. The molecule has 1 aromatic carbocycles. The van der Waals surface area contributed by atoms with E-state index in [2.05, 4.69) is 4.90 Å². The van der Waals surface area contributed by atoms with E-state index in [1.165, 1.54) is 44.9 Å². The number of sulfonamides is 1. The van der Waals surface area contributed by atoms with Crippen molar-refractivity contribution in [2.24, 2.45) is 0 Å². The summed E-state index contributed by atoms with van der Waals surface area (Å²) in [6, 6.07) is 7.86. The van der Waals surface area contributed by atoms with Gasteiger partial charge in [-0.15, -0.1) is 0 Å². The molecule has 0 unspecified atom stereocenters. The molecule has 1 saturated carbocycles. The lowest BCUT2D eigenvalue weighted by molar-refractivity contribution is 0.118. The summed E-state index contributed by atoms with van der Waals surface area (Å²) in [4.78, 5) is 2.96. The SMILES string of the molecule is Cc1ccc(S(=O)(=O)N2CCN(C3CCCCCCC3)CC2)cc1. The van der Waals surface area contributed by atoms with E-state index in [-0.39, 0.29) is 0 Å². The van der Waals surface area contributed by atoms with Crippen molar-refractivity contribution in [1.29, 1.82) is 0 Å². The van der Waals surface area contributed by atoms with Crippen LogP contribution in [0.3, 0.4) is 0 Å². The van der Waals surface area contributed by atoms with E-state index in [1.807, 2.05) is 19.1 Å². The lowest BCUT2D eigenvalue weighted by atomic mass is 9.95. The summed E-state index contributed by atoms with van der Waals surface area (Å²) in [6.07, 6.45) is 9.32. The molecule has 4 nitrogen and oxygen atoms in total. The Morgan fingerprint density at radius 3 is 1.96 bits per heavy atom. The summed E-state index contributed by atoms with van der Waals surface area (Å²) in [5, 5.41) is 0. The Hall–Kier alpha value is -0.910. The number of rotatable bonds is 3. The fourth-order valence-corrected chi connectivity index (χ4v) is 5.39. The van der Waals surface area contributed by atoms with Gasteiger partial charge < -0.3 is 0 Å². The molecule has 1 aromatic rings. The van der Waals surface area contributed by atoms with Gasteiger partial charge in [0.15, 0.2) is 0 Å². The molecule has 0 N–H and O–H groups in total. The molecule has 0 atom stereocenters. The van der Waals surface area contributed by atoms with Gasteiger partial charge in [-0.05, 0) is 31.9 Å². The fourth-order valence-electron chi connectivity index (χ4n) is 3.97. The predicted molar refractivity (Wildman–Crippen MR) is 97.6 cm³/mol. The van der Waals surface area contributed by atoms with Crippen LogP contribution in [0.4, 0.5) is 0 Å². The Morgan fingerprint density at radius 2 is 1.38 bits per heavy atom. The topological polar surface area (TPSA) is 40.6 Å². The summed E-state index contributed by atoms with van der Waals surface area (Å²) in [5.74, 6) is 0. The highest BCUT2D eigenvalue weighted by molar-refractivity contribution is 7.89. The quantitative estimate of drug-likeness (QED) is 0.839. The lowest BCUT2D eigenvalue weighted by Crippen LogP contribution is -2.51. The molecule has 2 aliphatic rings. The first-order valence-corrected chi connectivity index (χ1v) is 10.8. The molecule has 0 radical (unpaired) electrons. The van der Waals surface area contributed by atoms with Crippen LogP contribution in [0.1, 0.15) is 50.5 Å². The van der Waals surface area contributed by atoms with Crippen molar-refractivity contribution in [1.82, 2.24) is 9.21 Å². The minimum atomic E-state index is -3.34. The average molecular weight is 351 g/mol. The second kappa shape index (κ2) is 7.98. The maximum atomic E-state index is 12.8. The number of hydrogen-bond acceptors (Lipinski definition) is 3. The molecule has 2 fully saturated rings. The maximum absolute atomic E-state index is 12.8. The van der Waals surface area contributed by atoms with Crippen LogP contribution in [0.25, 0.3) is 0 Å². The lowest BCUT2D eigenvalue weighted by Gasteiger charge is -2.39. The van der Waals surface area contributed by atoms with Gasteiger partial charge in [0, 0.05) is 32.2 Å². The van der Waals surface area contributed by atoms with Crippen LogP contribution >= 0.6 is 0 Å². The molecular weight excluding hydrogens is 320 g/mol.